The molecule has 1 aromatic carbocycles. The summed E-state index contributed by atoms with van der Waals surface area (Å²) in [6, 6.07) is 3.64. The first-order chi connectivity index (χ1) is 9.13. The highest BCUT2D eigenvalue weighted by Crippen LogP contribution is 2.34. The SMILES string of the molecule is CSC(C)CCNc1ccc2scnc2c1[N+](=O)[O-]. The lowest BCUT2D eigenvalue weighted by Crippen LogP contribution is -2.09. The fourth-order valence-electron chi connectivity index (χ4n) is 1.77. The standard InChI is InChI=1S/C12H15N3O2S2/c1-8(18-2)5-6-13-9-3-4-10-11(14-7-19-10)12(9)15(16)17/h3-4,7-8,13H,5-6H2,1-2H3. The Morgan fingerprint density at radius 1 is 1.58 bits per heavy atom. The number of hydrogen-bond donors (Lipinski definition) is 1. The van der Waals surface area contributed by atoms with Gasteiger partial charge >= 0.3 is 5.69 Å². The molecule has 1 atom stereocenters. The maximum Gasteiger partial charge on any atom is 0.319 e. The minimum atomic E-state index is -0.359. The summed E-state index contributed by atoms with van der Waals surface area (Å²) in [6.07, 6.45) is 3.03. The van der Waals surface area contributed by atoms with Crippen molar-refractivity contribution >= 4 is 44.7 Å². The molecule has 1 unspecified atom stereocenters. The van der Waals surface area contributed by atoms with E-state index in [1.165, 1.54) is 11.3 Å². The van der Waals surface area contributed by atoms with Crippen molar-refractivity contribution in [2.45, 2.75) is 18.6 Å². The Kier molecular flexibility index (Phi) is 4.60. The van der Waals surface area contributed by atoms with Gasteiger partial charge < -0.3 is 5.32 Å². The van der Waals surface area contributed by atoms with Crippen molar-refractivity contribution in [2.24, 2.45) is 0 Å². The van der Waals surface area contributed by atoms with Gasteiger partial charge in [0.15, 0.2) is 5.52 Å². The predicted molar refractivity (Wildman–Crippen MR) is 82.4 cm³/mol. The molecule has 2 rings (SSSR count). The first-order valence-electron chi connectivity index (χ1n) is 5.90. The Morgan fingerprint density at radius 2 is 2.37 bits per heavy atom. The zero-order valence-electron chi connectivity index (χ0n) is 10.8. The molecule has 0 aliphatic heterocycles. The van der Waals surface area contributed by atoms with Crippen LogP contribution in [0, 0.1) is 10.1 Å². The highest BCUT2D eigenvalue weighted by atomic mass is 32.2. The van der Waals surface area contributed by atoms with Crippen LogP contribution in [0.3, 0.4) is 0 Å². The maximum atomic E-state index is 11.2. The Morgan fingerprint density at radius 3 is 3.05 bits per heavy atom. The molecule has 0 spiro atoms. The highest BCUT2D eigenvalue weighted by molar-refractivity contribution is 7.99. The summed E-state index contributed by atoms with van der Waals surface area (Å²) in [5.41, 5.74) is 2.74. The molecular formula is C12H15N3O2S2. The maximum absolute atomic E-state index is 11.2. The van der Waals surface area contributed by atoms with E-state index in [-0.39, 0.29) is 10.6 Å². The molecule has 102 valence electrons. The summed E-state index contributed by atoms with van der Waals surface area (Å²) >= 11 is 3.20. The van der Waals surface area contributed by atoms with Crippen LogP contribution in [0.1, 0.15) is 13.3 Å². The second kappa shape index (κ2) is 6.21. The Labute approximate surface area is 119 Å². The van der Waals surface area contributed by atoms with Gasteiger partial charge in [0.1, 0.15) is 5.69 Å². The zero-order valence-corrected chi connectivity index (χ0v) is 12.4. The molecule has 0 bridgehead atoms. The third kappa shape index (κ3) is 3.16. The lowest BCUT2D eigenvalue weighted by atomic mass is 10.2. The van der Waals surface area contributed by atoms with Crippen LogP contribution in [0.2, 0.25) is 0 Å². The summed E-state index contributed by atoms with van der Waals surface area (Å²) < 4.78 is 0.842. The minimum Gasteiger partial charge on any atom is -0.379 e. The fraction of sp³-hybridized carbons (Fsp3) is 0.417. The highest BCUT2D eigenvalue weighted by Gasteiger charge is 2.20. The van der Waals surface area contributed by atoms with Crippen molar-refractivity contribution in [1.82, 2.24) is 4.98 Å². The van der Waals surface area contributed by atoms with E-state index in [0.717, 1.165) is 17.7 Å². The summed E-state index contributed by atoms with van der Waals surface area (Å²) in [6.45, 7) is 2.86. The van der Waals surface area contributed by atoms with Crippen LogP contribution in [0.15, 0.2) is 17.6 Å². The second-order valence-electron chi connectivity index (χ2n) is 4.18. The molecule has 0 aliphatic rings. The molecule has 0 aliphatic carbocycles. The van der Waals surface area contributed by atoms with Crippen LogP contribution in [0.5, 0.6) is 0 Å². The van der Waals surface area contributed by atoms with Gasteiger partial charge in [0.25, 0.3) is 0 Å². The van der Waals surface area contributed by atoms with Gasteiger partial charge in [-0.2, -0.15) is 11.8 Å². The Bertz CT molecular complexity index is 585. The van der Waals surface area contributed by atoms with Gasteiger partial charge in [-0.05, 0) is 24.8 Å². The molecule has 0 saturated heterocycles. The quantitative estimate of drug-likeness (QED) is 0.649. The molecule has 5 nitrogen and oxygen atoms in total. The predicted octanol–water partition coefficient (Wildman–Crippen LogP) is 3.76. The van der Waals surface area contributed by atoms with Gasteiger partial charge in [0.05, 0.1) is 15.1 Å². The van der Waals surface area contributed by atoms with E-state index < -0.39 is 0 Å². The molecule has 1 N–H and O–H groups in total. The first-order valence-corrected chi connectivity index (χ1v) is 8.07. The zero-order chi connectivity index (χ0) is 13.8. The number of nitro benzene ring substituents is 1. The van der Waals surface area contributed by atoms with Crippen molar-refractivity contribution in [1.29, 1.82) is 0 Å². The van der Waals surface area contributed by atoms with Crippen LogP contribution in [-0.2, 0) is 0 Å². The van der Waals surface area contributed by atoms with E-state index >= 15 is 0 Å². The molecule has 2 aromatic rings. The third-order valence-corrected chi connectivity index (χ3v) is 4.76. The molecule has 1 heterocycles. The lowest BCUT2D eigenvalue weighted by molar-refractivity contribution is -0.382. The Balaban J connectivity index is 2.22. The number of thioether (sulfide) groups is 1. The number of thiazole rings is 1. The first kappa shape index (κ1) is 14.1. The molecule has 0 radical (unpaired) electrons. The van der Waals surface area contributed by atoms with Gasteiger partial charge in [-0.15, -0.1) is 11.3 Å². The molecular weight excluding hydrogens is 282 g/mol. The molecule has 0 saturated carbocycles. The van der Waals surface area contributed by atoms with E-state index in [1.54, 1.807) is 23.3 Å². The number of aromatic nitrogens is 1. The molecule has 0 fully saturated rings. The average molecular weight is 297 g/mol. The van der Waals surface area contributed by atoms with E-state index in [4.69, 9.17) is 0 Å². The third-order valence-electron chi connectivity index (χ3n) is 2.93. The van der Waals surface area contributed by atoms with E-state index in [0.29, 0.717) is 16.5 Å². The molecule has 1 aromatic heterocycles. The number of anilines is 1. The minimum absolute atomic E-state index is 0.0792. The van der Waals surface area contributed by atoms with Gasteiger partial charge in [-0.25, -0.2) is 4.98 Å². The molecule has 19 heavy (non-hydrogen) atoms. The van der Waals surface area contributed by atoms with Crippen molar-refractivity contribution in [3.05, 3.63) is 27.8 Å². The molecule has 0 amide bonds. The number of hydrogen-bond acceptors (Lipinski definition) is 6. The number of fused-ring (bicyclic) bond motifs is 1. The van der Waals surface area contributed by atoms with Crippen LogP contribution < -0.4 is 5.32 Å². The van der Waals surface area contributed by atoms with Crippen molar-refractivity contribution in [3.8, 4) is 0 Å². The van der Waals surface area contributed by atoms with Crippen LogP contribution in [0.25, 0.3) is 10.2 Å². The largest absolute Gasteiger partial charge is 0.379 e. The van der Waals surface area contributed by atoms with Crippen molar-refractivity contribution in [3.63, 3.8) is 0 Å². The van der Waals surface area contributed by atoms with Crippen molar-refractivity contribution < 1.29 is 4.92 Å². The van der Waals surface area contributed by atoms with Gasteiger partial charge in [-0.1, -0.05) is 6.92 Å². The van der Waals surface area contributed by atoms with Crippen molar-refractivity contribution in [2.75, 3.05) is 18.1 Å². The lowest BCUT2D eigenvalue weighted by Gasteiger charge is -2.10. The number of nitrogens with zero attached hydrogens (tertiary/aromatic N) is 2. The monoisotopic (exact) mass is 297 g/mol. The Hall–Kier alpha value is -1.34. The van der Waals surface area contributed by atoms with Gasteiger partial charge in [-0.3, -0.25) is 10.1 Å². The average Bonchev–Trinajstić information content (AvgIpc) is 2.85. The van der Waals surface area contributed by atoms with Gasteiger partial charge in [0.2, 0.25) is 0 Å². The van der Waals surface area contributed by atoms with Crippen LogP contribution >= 0.6 is 23.1 Å². The topological polar surface area (TPSA) is 68.1 Å². The number of nitro groups is 1. The van der Waals surface area contributed by atoms with E-state index in [2.05, 4.69) is 23.5 Å². The number of benzene rings is 1. The van der Waals surface area contributed by atoms with E-state index in [1.807, 2.05) is 6.07 Å². The summed E-state index contributed by atoms with van der Waals surface area (Å²) in [5, 5.41) is 14.9. The summed E-state index contributed by atoms with van der Waals surface area (Å²) in [4.78, 5) is 14.9. The smallest absolute Gasteiger partial charge is 0.319 e. The molecule has 7 heteroatoms. The van der Waals surface area contributed by atoms with Crippen LogP contribution in [-0.4, -0.2) is 28.0 Å². The summed E-state index contributed by atoms with van der Waals surface area (Å²) in [7, 11) is 0. The van der Waals surface area contributed by atoms with E-state index in [9.17, 15) is 10.1 Å². The second-order valence-corrected chi connectivity index (χ2v) is 6.34. The normalized spacial score (nSPS) is 12.5. The van der Waals surface area contributed by atoms with Crippen LogP contribution in [0.4, 0.5) is 11.4 Å². The summed E-state index contributed by atoms with van der Waals surface area (Å²) in [5.74, 6) is 0. The van der Waals surface area contributed by atoms with Gasteiger partial charge in [0, 0.05) is 11.8 Å². The fourth-order valence-corrected chi connectivity index (χ4v) is 2.81. The number of nitrogens with one attached hydrogen (secondary N) is 1. The number of rotatable bonds is 6.